The Morgan fingerprint density at radius 3 is 1.41 bits per heavy atom. The molecule has 0 saturated heterocycles. The molecule has 0 bridgehead atoms. The third-order valence-electron chi connectivity index (χ3n) is 6.89. The zero-order chi connectivity index (χ0) is 28.1. The van der Waals surface area contributed by atoms with E-state index in [-0.39, 0.29) is 11.4 Å². The molecule has 10 nitrogen and oxygen atoms in total. The lowest BCUT2D eigenvalue weighted by atomic mass is 9.96. The number of rotatable bonds is 2. The molecule has 186 valence electrons. The van der Waals surface area contributed by atoms with Gasteiger partial charge in [-0.1, -0.05) is 24.3 Å². The van der Waals surface area contributed by atoms with E-state index in [1.54, 1.807) is 0 Å². The van der Waals surface area contributed by atoms with Gasteiger partial charge in [-0.25, -0.2) is 50.1 Å². The third kappa shape index (κ3) is 3.38. The highest BCUT2D eigenvalue weighted by Crippen LogP contribution is 2.61. The molecule has 0 saturated carbocycles. The summed E-state index contributed by atoms with van der Waals surface area (Å²) in [5, 5.41) is 19.9. The maximum atomic E-state index is 9.93. The van der Waals surface area contributed by atoms with Crippen LogP contribution in [0.1, 0.15) is 20.9 Å². The third-order valence-corrected chi connectivity index (χ3v) is 8.12. The summed E-state index contributed by atoms with van der Waals surface area (Å²) in [6.07, 6.45) is 5.65. The minimum Gasteiger partial charge on any atom is -0.226 e. The van der Waals surface area contributed by atoms with Crippen molar-refractivity contribution >= 4 is 22.5 Å². The Kier molecular flexibility index (Phi) is 5.27. The molecule has 0 amide bonds. The second kappa shape index (κ2) is 9.11. The van der Waals surface area contributed by atoms with Gasteiger partial charge in [-0.2, -0.15) is 0 Å². The van der Waals surface area contributed by atoms with Crippen molar-refractivity contribution in [1.29, 1.82) is 10.5 Å². The second-order valence-corrected chi connectivity index (χ2v) is 9.87. The highest BCUT2D eigenvalue weighted by atomic mass is 32.1. The molecule has 0 N–H and O–H groups in total. The average molecular weight is 543 g/mol. The molecule has 0 atom stereocenters. The van der Waals surface area contributed by atoms with Crippen LogP contribution in [-0.2, 0) is 0 Å². The van der Waals surface area contributed by atoms with E-state index < -0.39 is 0 Å². The number of hydrogen-bond donors (Lipinski definition) is 0. The van der Waals surface area contributed by atoms with Crippen LogP contribution in [0.15, 0.2) is 73.1 Å². The highest BCUT2D eigenvalue weighted by molar-refractivity contribution is 7.16. The SMILES string of the molecule is [C-]#[N+]/C(C#N)=C1/c2cc(-c3ncncn3)ccc2-c2c1sc1c2-c2ccc(-c3ncncn3)cc2/C1=C(/C#N)[N+]#[C-]. The molecule has 5 aromatic rings. The van der Waals surface area contributed by atoms with Gasteiger partial charge in [0.2, 0.25) is 0 Å². The minimum atomic E-state index is -0.0423. The van der Waals surface area contributed by atoms with Crippen molar-refractivity contribution in [3.05, 3.63) is 117 Å². The molecular formula is C30H10N10S. The van der Waals surface area contributed by atoms with Gasteiger partial charge in [-0.15, -0.1) is 11.3 Å². The first-order valence-electron chi connectivity index (χ1n) is 11.9. The number of hydrogen-bond acceptors (Lipinski definition) is 9. The van der Waals surface area contributed by atoms with E-state index in [0.717, 1.165) is 54.3 Å². The fourth-order valence-corrected chi connectivity index (χ4v) is 6.73. The van der Waals surface area contributed by atoms with Crippen LogP contribution >= 0.6 is 11.3 Å². The Morgan fingerprint density at radius 1 is 0.634 bits per heavy atom. The van der Waals surface area contributed by atoms with E-state index in [1.807, 2.05) is 36.4 Å². The Morgan fingerprint density at radius 2 is 1.05 bits per heavy atom. The average Bonchev–Trinajstić information content (AvgIpc) is 3.65. The van der Waals surface area contributed by atoms with Gasteiger partial charge in [0.1, 0.15) is 25.3 Å². The Labute approximate surface area is 236 Å². The largest absolute Gasteiger partial charge is 0.271 e. The molecule has 3 aromatic heterocycles. The van der Waals surface area contributed by atoms with Crippen molar-refractivity contribution in [2.24, 2.45) is 0 Å². The number of allylic oxidation sites excluding steroid dienone is 2. The first-order valence-corrected chi connectivity index (χ1v) is 12.8. The normalized spacial score (nSPS) is 14.3. The van der Waals surface area contributed by atoms with Gasteiger partial charge in [-0.05, 0) is 34.4 Å². The fourth-order valence-electron chi connectivity index (χ4n) is 5.28. The molecule has 2 aliphatic rings. The van der Waals surface area contributed by atoms with Crippen molar-refractivity contribution in [3.8, 4) is 57.2 Å². The predicted molar refractivity (Wildman–Crippen MR) is 149 cm³/mol. The lowest BCUT2D eigenvalue weighted by Crippen LogP contribution is -1.91. The Hall–Kier alpha value is -6.40. The van der Waals surface area contributed by atoms with Crippen LogP contribution in [0, 0.1) is 35.8 Å². The van der Waals surface area contributed by atoms with Crippen molar-refractivity contribution < 1.29 is 0 Å². The molecule has 0 radical (unpaired) electrons. The monoisotopic (exact) mass is 542 g/mol. The van der Waals surface area contributed by atoms with E-state index in [0.29, 0.717) is 22.8 Å². The van der Waals surface area contributed by atoms with Crippen LogP contribution in [-0.4, -0.2) is 29.9 Å². The molecule has 2 aromatic carbocycles. The molecule has 0 spiro atoms. The molecule has 0 unspecified atom stereocenters. The number of benzene rings is 2. The summed E-state index contributed by atoms with van der Waals surface area (Å²) in [7, 11) is 0. The highest BCUT2D eigenvalue weighted by Gasteiger charge is 2.39. The van der Waals surface area contributed by atoms with Gasteiger partial charge in [0.25, 0.3) is 11.4 Å². The Balaban J connectivity index is 1.54. The molecule has 0 fully saturated rings. The quantitative estimate of drug-likeness (QED) is 0.197. The van der Waals surface area contributed by atoms with Gasteiger partial charge >= 0.3 is 0 Å². The van der Waals surface area contributed by atoms with E-state index >= 15 is 0 Å². The topological polar surface area (TPSA) is 134 Å². The lowest BCUT2D eigenvalue weighted by molar-refractivity contribution is 1.06. The lowest BCUT2D eigenvalue weighted by Gasteiger charge is -2.08. The number of nitriles is 2. The predicted octanol–water partition coefficient (Wildman–Crippen LogP) is 5.82. The second-order valence-electron chi connectivity index (χ2n) is 8.85. The molecule has 41 heavy (non-hydrogen) atoms. The maximum absolute atomic E-state index is 9.93. The van der Waals surface area contributed by atoms with Gasteiger partial charge in [0.05, 0.1) is 25.3 Å². The molecule has 11 heteroatoms. The maximum Gasteiger partial charge on any atom is 0.271 e. The molecule has 7 rings (SSSR count). The van der Waals surface area contributed by atoms with Crippen molar-refractivity contribution in [3.63, 3.8) is 0 Å². The smallest absolute Gasteiger partial charge is 0.226 e. The fraction of sp³-hybridized carbons (Fsp3) is 0. The van der Waals surface area contributed by atoms with Gasteiger partial charge in [0, 0.05) is 43.2 Å². The standard InChI is InChI=1S/C30H10N10S/c1-33-21(9-31)23-19-7-15(29-37-11-35-12-38-29)3-5-17(19)25-26-18-6-4-16(30-39-13-36-14-40-30)8-20(18)24(22(10-32)34-2)28(26)41-27(23)25/h3-8,11-14H/b23-21-,24-22+. The van der Waals surface area contributed by atoms with Gasteiger partial charge < -0.3 is 0 Å². The van der Waals surface area contributed by atoms with E-state index in [1.165, 1.54) is 36.6 Å². The number of aromatic nitrogens is 6. The summed E-state index contributed by atoms with van der Waals surface area (Å²) < 4.78 is 0. The van der Waals surface area contributed by atoms with Crippen molar-refractivity contribution in [2.75, 3.05) is 0 Å². The number of fused-ring (bicyclic) bond motifs is 7. The van der Waals surface area contributed by atoms with Crippen molar-refractivity contribution in [2.45, 2.75) is 0 Å². The van der Waals surface area contributed by atoms with Gasteiger partial charge in [0.15, 0.2) is 11.6 Å². The zero-order valence-corrected chi connectivity index (χ0v) is 21.5. The molecular weight excluding hydrogens is 532 g/mol. The number of nitrogens with zero attached hydrogens (tertiary/aromatic N) is 10. The van der Waals surface area contributed by atoms with E-state index in [9.17, 15) is 10.5 Å². The zero-order valence-electron chi connectivity index (χ0n) is 20.7. The molecule has 0 aliphatic heterocycles. The molecule has 2 aliphatic carbocycles. The van der Waals surface area contributed by atoms with Crippen LogP contribution in [0.5, 0.6) is 0 Å². The number of thiophene rings is 1. The van der Waals surface area contributed by atoms with Crippen LogP contribution in [0.3, 0.4) is 0 Å². The van der Waals surface area contributed by atoms with Crippen LogP contribution in [0.2, 0.25) is 0 Å². The van der Waals surface area contributed by atoms with Crippen LogP contribution in [0.25, 0.3) is 65.9 Å². The van der Waals surface area contributed by atoms with Crippen molar-refractivity contribution in [1.82, 2.24) is 29.9 Å². The minimum absolute atomic E-state index is 0.0423. The summed E-state index contributed by atoms with van der Waals surface area (Å²) in [4.78, 5) is 33.4. The van der Waals surface area contributed by atoms with E-state index in [4.69, 9.17) is 13.1 Å². The summed E-state index contributed by atoms with van der Waals surface area (Å²) in [5.74, 6) is 0.946. The van der Waals surface area contributed by atoms with Crippen LogP contribution < -0.4 is 0 Å². The molecule has 3 heterocycles. The Bertz CT molecular complexity index is 2000. The van der Waals surface area contributed by atoms with E-state index in [2.05, 4.69) is 51.7 Å². The first-order chi connectivity index (χ1) is 20.2. The summed E-state index contributed by atoms with van der Waals surface area (Å²) in [5.41, 5.74) is 7.27. The summed E-state index contributed by atoms with van der Waals surface area (Å²) >= 11 is 1.37. The summed E-state index contributed by atoms with van der Waals surface area (Å²) in [6, 6.07) is 15.6. The van der Waals surface area contributed by atoms with Gasteiger partial charge in [-0.3, -0.25) is 0 Å². The summed E-state index contributed by atoms with van der Waals surface area (Å²) in [6.45, 7) is 15.5. The first kappa shape index (κ1) is 23.7. The van der Waals surface area contributed by atoms with Crippen LogP contribution in [0.4, 0.5) is 0 Å².